The van der Waals surface area contributed by atoms with Gasteiger partial charge in [-0.1, -0.05) is 42.5 Å². The van der Waals surface area contributed by atoms with E-state index in [0.717, 1.165) is 17.8 Å². The molecule has 1 nitrogen and oxygen atoms in total. The SMILES string of the molecule is CN1CC2CC(c3ccc4ccccc4c3)CC2C1.Cl. The van der Waals surface area contributed by atoms with Crippen molar-refractivity contribution in [1.29, 1.82) is 0 Å². The average molecular weight is 288 g/mol. The molecule has 4 rings (SSSR count). The summed E-state index contributed by atoms with van der Waals surface area (Å²) in [5, 5.41) is 2.76. The number of nitrogens with zero attached hydrogens (tertiary/aromatic N) is 1. The second-order valence-electron chi connectivity index (χ2n) is 6.52. The maximum atomic E-state index is 2.51. The van der Waals surface area contributed by atoms with Gasteiger partial charge in [0, 0.05) is 13.1 Å². The van der Waals surface area contributed by atoms with Crippen LogP contribution in [-0.4, -0.2) is 25.0 Å². The van der Waals surface area contributed by atoms with Crippen LogP contribution < -0.4 is 0 Å². The Bertz CT molecular complexity index is 595. The second-order valence-corrected chi connectivity index (χ2v) is 6.52. The van der Waals surface area contributed by atoms with Gasteiger partial charge in [0.25, 0.3) is 0 Å². The third-order valence-electron chi connectivity index (χ3n) is 5.18. The maximum absolute atomic E-state index is 2.51. The maximum Gasteiger partial charge on any atom is 0.00101 e. The van der Waals surface area contributed by atoms with Crippen molar-refractivity contribution >= 4 is 23.2 Å². The fraction of sp³-hybridized carbons (Fsp3) is 0.444. The summed E-state index contributed by atoms with van der Waals surface area (Å²) in [6.45, 7) is 2.63. The van der Waals surface area contributed by atoms with Crippen molar-refractivity contribution in [3.63, 3.8) is 0 Å². The molecule has 2 aromatic rings. The molecule has 20 heavy (non-hydrogen) atoms. The third-order valence-corrected chi connectivity index (χ3v) is 5.18. The highest BCUT2D eigenvalue weighted by molar-refractivity contribution is 5.85. The summed E-state index contributed by atoms with van der Waals surface area (Å²) in [4.78, 5) is 2.51. The lowest BCUT2D eigenvalue weighted by atomic mass is 9.93. The summed E-state index contributed by atoms with van der Waals surface area (Å²) in [5.74, 6) is 2.69. The van der Waals surface area contributed by atoms with Gasteiger partial charge in [0.1, 0.15) is 0 Å². The number of likely N-dealkylation sites (tertiary alicyclic amines) is 1. The van der Waals surface area contributed by atoms with Gasteiger partial charge in [-0.25, -0.2) is 0 Å². The van der Waals surface area contributed by atoms with Crippen LogP contribution in [0.2, 0.25) is 0 Å². The van der Waals surface area contributed by atoms with Crippen LogP contribution in [0, 0.1) is 11.8 Å². The molecule has 2 heteroatoms. The lowest BCUT2D eigenvalue weighted by Crippen LogP contribution is -2.16. The number of benzene rings is 2. The van der Waals surface area contributed by atoms with Gasteiger partial charge in [-0.3, -0.25) is 0 Å². The van der Waals surface area contributed by atoms with Crippen molar-refractivity contribution in [1.82, 2.24) is 4.90 Å². The first-order valence-electron chi connectivity index (χ1n) is 7.47. The number of fused-ring (bicyclic) bond motifs is 2. The fourth-order valence-electron chi connectivity index (χ4n) is 4.27. The van der Waals surface area contributed by atoms with Gasteiger partial charge in [0.05, 0.1) is 0 Å². The van der Waals surface area contributed by atoms with Crippen molar-refractivity contribution in [2.75, 3.05) is 20.1 Å². The molecule has 1 heterocycles. The molecular formula is C18H22ClN. The summed E-state index contributed by atoms with van der Waals surface area (Å²) in [7, 11) is 2.27. The summed E-state index contributed by atoms with van der Waals surface area (Å²) in [6, 6.07) is 15.8. The Morgan fingerprint density at radius 3 is 2.25 bits per heavy atom. The zero-order chi connectivity index (χ0) is 12.8. The Kier molecular flexibility index (Phi) is 3.74. The number of hydrogen-bond donors (Lipinski definition) is 0. The molecule has 0 spiro atoms. The van der Waals surface area contributed by atoms with E-state index in [9.17, 15) is 0 Å². The Morgan fingerprint density at radius 1 is 0.900 bits per heavy atom. The van der Waals surface area contributed by atoms with Gasteiger partial charge in [-0.05, 0) is 54.0 Å². The highest BCUT2D eigenvalue weighted by Gasteiger charge is 2.39. The monoisotopic (exact) mass is 287 g/mol. The van der Waals surface area contributed by atoms with E-state index in [1.165, 1.54) is 36.7 Å². The topological polar surface area (TPSA) is 3.24 Å². The minimum Gasteiger partial charge on any atom is -0.306 e. The molecule has 2 unspecified atom stereocenters. The zero-order valence-corrected chi connectivity index (χ0v) is 12.8. The molecule has 106 valence electrons. The molecule has 2 aromatic carbocycles. The number of halogens is 1. The summed E-state index contributed by atoms with van der Waals surface area (Å²) in [6.07, 6.45) is 2.79. The van der Waals surface area contributed by atoms with Gasteiger partial charge in [-0.2, -0.15) is 0 Å². The van der Waals surface area contributed by atoms with E-state index in [0.29, 0.717) is 0 Å². The minimum absolute atomic E-state index is 0. The molecule has 0 amide bonds. The average Bonchev–Trinajstić information content (AvgIpc) is 2.95. The van der Waals surface area contributed by atoms with Crippen LogP contribution in [0.15, 0.2) is 42.5 Å². The molecule has 0 aromatic heterocycles. The Hall–Kier alpha value is -1.05. The highest BCUT2D eigenvalue weighted by Crippen LogP contribution is 2.46. The first-order valence-corrected chi connectivity index (χ1v) is 7.47. The molecule has 0 N–H and O–H groups in total. The highest BCUT2D eigenvalue weighted by atomic mass is 35.5. The van der Waals surface area contributed by atoms with Crippen LogP contribution in [0.3, 0.4) is 0 Å². The largest absolute Gasteiger partial charge is 0.306 e. The Morgan fingerprint density at radius 2 is 1.55 bits per heavy atom. The third kappa shape index (κ3) is 2.34. The molecule has 2 atom stereocenters. The first-order chi connectivity index (χ1) is 9.29. The summed E-state index contributed by atoms with van der Waals surface area (Å²) >= 11 is 0. The van der Waals surface area contributed by atoms with E-state index in [2.05, 4.69) is 54.4 Å². The molecule has 2 fully saturated rings. The van der Waals surface area contributed by atoms with Crippen LogP contribution in [0.5, 0.6) is 0 Å². The van der Waals surface area contributed by atoms with Crippen LogP contribution in [-0.2, 0) is 0 Å². The molecule has 1 aliphatic carbocycles. The summed E-state index contributed by atoms with van der Waals surface area (Å²) in [5.41, 5.74) is 1.57. The lowest BCUT2D eigenvalue weighted by molar-refractivity contribution is 0.371. The van der Waals surface area contributed by atoms with E-state index < -0.39 is 0 Å². The van der Waals surface area contributed by atoms with Gasteiger partial charge < -0.3 is 4.90 Å². The van der Waals surface area contributed by atoms with Crippen molar-refractivity contribution in [2.24, 2.45) is 11.8 Å². The van der Waals surface area contributed by atoms with Gasteiger partial charge in [0.15, 0.2) is 0 Å². The predicted octanol–water partition coefficient (Wildman–Crippen LogP) is 4.32. The molecule has 1 saturated carbocycles. The number of hydrogen-bond acceptors (Lipinski definition) is 1. The molecular weight excluding hydrogens is 266 g/mol. The fourth-order valence-corrected chi connectivity index (χ4v) is 4.27. The second kappa shape index (κ2) is 5.38. The van der Waals surface area contributed by atoms with Crippen molar-refractivity contribution in [3.05, 3.63) is 48.0 Å². The normalized spacial score (nSPS) is 29.4. The Balaban J connectivity index is 0.00000121. The van der Waals surface area contributed by atoms with Gasteiger partial charge in [0.2, 0.25) is 0 Å². The quantitative estimate of drug-likeness (QED) is 0.755. The van der Waals surface area contributed by atoms with Gasteiger partial charge in [-0.15, -0.1) is 12.4 Å². The van der Waals surface area contributed by atoms with E-state index >= 15 is 0 Å². The standard InChI is InChI=1S/C18H21N.ClH/c1-19-11-17-9-16(10-18(17)12-19)15-7-6-13-4-2-3-5-14(13)8-15;/h2-8,16-18H,9-12H2,1H3;1H. The molecule has 1 aliphatic heterocycles. The van der Waals surface area contributed by atoms with E-state index in [4.69, 9.17) is 0 Å². The molecule has 2 aliphatic rings. The summed E-state index contributed by atoms with van der Waals surface area (Å²) < 4.78 is 0. The van der Waals surface area contributed by atoms with Crippen LogP contribution in [0.4, 0.5) is 0 Å². The molecule has 0 radical (unpaired) electrons. The van der Waals surface area contributed by atoms with Crippen LogP contribution >= 0.6 is 12.4 Å². The predicted molar refractivity (Wildman–Crippen MR) is 87.6 cm³/mol. The van der Waals surface area contributed by atoms with E-state index in [1.807, 2.05) is 0 Å². The van der Waals surface area contributed by atoms with Crippen molar-refractivity contribution in [2.45, 2.75) is 18.8 Å². The first kappa shape index (κ1) is 13.9. The van der Waals surface area contributed by atoms with Crippen LogP contribution in [0.1, 0.15) is 24.3 Å². The van der Waals surface area contributed by atoms with Gasteiger partial charge >= 0.3 is 0 Å². The van der Waals surface area contributed by atoms with Crippen molar-refractivity contribution < 1.29 is 0 Å². The lowest BCUT2D eigenvalue weighted by Gasteiger charge is -2.15. The van der Waals surface area contributed by atoms with E-state index in [1.54, 1.807) is 5.56 Å². The minimum atomic E-state index is 0. The van der Waals surface area contributed by atoms with E-state index in [-0.39, 0.29) is 12.4 Å². The smallest absolute Gasteiger partial charge is 0.00101 e. The molecule has 0 bridgehead atoms. The Labute approximate surface area is 127 Å². The zero-order valence-electron chi connectivity index (χ0n) is 12.0. The van der Waals surface area contributed by atoms with Crippen LogP contribution in [0.25, 0.3) is 10.8 Å². The number of rotatable bonds is 1. The molecule has 1 saturated heterocycles. The van der Waals surface area contributed by atoms with Crippen molar-refractivity contribution in [3.8, 4) is 0 Å².